The molecule has 0 saturated carbocycles. The van der Waals surface area contributed by atoms with Gasteiger partial charge < -0.3 is 10.1 Å². The third kappa shape index (κ3) is 6.91. The van der Waals surface area contributed by atoms with Crippen LogP contribution in [-0.2, 0) is 4.74 Å². The van der Waals surface area contributed by atoms with Crippen molar-refractivity contribution < 1.29 is 4.74 Å². The van der Waals surface area contributed by atoms with E-state index in [1.165, 1.54) is 19.3 Å². The maximum atomic E-state index is 5.19. The van der Waals surface area contributed by atoms with E-state index in [4.69, 9.17) is 4.74 Å². The first kappa shape index (κ1) is 14.9. The molecule has 0 aromatic heterocycles. The van der Waals surface area contributed by atoms with Gasteiger partial charge in [0.2, 0.25) is 0 Å². The van der Waals surface area contributed by atoms with Crippen molar-refractivity contribution in [1.29, 1.82) is 0 Å². The van der Waals surface area contributed by atoms with Gasteiger partial charge in [0.25, 0.3) is 0 Å². The van der Waals surface area contributed by atoms with Crippen molar-refractivity contribution in [3.8, 4) is 0 Å². The molecule has 1 N–H and O–H groups in total. The molecule has 3 unspecified atom stereocenters. The van der Waals surface area contributed by atoms with E-state index in [1.807, 2.05) is 0 Å². The molecular formula is C13H29NO. The average Bonchev–Trinajstić information content (AvgIpc) is 2.18. The van der Waals surface area contributed by atoms with Gasteiger partial charge in [-0.05, 0) is 31.2 Å². The fourth-order valence-corrected chi connectivity index (χ4v) is 2.22. The zero-order valence-electron chi connectivity index (χ0n) is 11.2. The minimum Gasteiger partial charge on any atom is -0.384 e. The molecule has 0 rings (SSSR count). The van der Waals surface area contributed by atoms with E-state index >= 15 is 0 Å². The Kier molecular flexibility index (Phi) is 9.12. The molecule has 0 aliphatic rings. The Morgan fingerprint density at radius 3 is 2.33 bits per heavy atom. The van der Waals surface area contributed by atoms with Gasteiger partial charge in [-0.2, -0.15) is 0 Å². The second-order valence-electron chi connectivity index (χ2n) is 4.73. The molecule has 0 saturated heterocycles. The van der Waals surface area contributed by atoms with Gasteiger partial charge in [-0.1, -0.05) is 34.1 Å². The summed E-state index contributed by atoms with van der Waals surface area (Å²) in [5.74, 6) is 1.42. The molecule has 0 aliphatic heterocycles. The first-order valence-electron chi connectivity index (χ1n) is 6.37. The summed E-state index contributed by atoms with van der Waals surface area (Å²) in [6.07, 6.45) is 3.82. The molecule has 3 atom stereocenters. The molecule has 0 amide bonds. The lowest BCUT2D eigenvalue weighted by Crippen LogP contribution is -2.36. The van der Waals surface area contributed by atoms with Crippen LogP contribution in [0.1, 0.15) is 47.0 Å². The fraction of sp³-hybridized carbons (Fsp3) is 1.00. The molecule has 92 valence electrons. The molecule has 0 fully saturated rings. The predicted octanol–water partition coefficient (Wildman–Crippen LogP) is 3.07. The summed E-state index contributed by atoms with van der Waals surface area (Å²) in [7, 11) is 1.79. The van der Waals surface area contributed by atoms with Crippen molar-refractivity contribution in [2.24, 2.45) is 11.8 Å². The second-order valence-corrected chi connectivity index (χ2v) is 4.73. The van der Waals surface area contributed by atoms with E-state index in [2.05, 4.69) is 33.0 Å². The normalized spacial score (nSPS) is 17.4. The van der Waals surface area contributed by atoms with Crippen molar-refractivity contribution in [3.63, 3.8) is 0 Å². The summed E-state index contributed by atoms with van der Waals surface area (Å²) < 4.78 is 5.19. The van der Waals surface area contributed by atoms with Gasteiger partial charge in [-0.15, -0.1) is 0 Å². The van der Waals surface area contributed by atoms with E-state index in [9.17, 15) is 0 Å². The van der Waals surface area contributed by atoms with Crippen LogP contribution in [0.2, 0.25) is 0 Å². The molecule has 0 aliphatic carbocycles. The number of ether oxygens (including phenoxy) is 1. The van der Waals surface area contributed by atoms with Crippen LogP contribution in [-0.4, -0.2) is 26.3 Å². The van der Waals surface area contributed by atoms with Gasteiger partial charge in [-0.3, -0.25) is 0 Å². The molecule has 2 nitrogen and oxygen atoms in total. The molecule has 2 heteroatoms. The van der Waals surface area contributed by atoms with Crippen LogP contribution < -0.4 is 5.32 Å². The standard InChI is InChI=1S/C13H29NO/c1-6-8-12(4)13(14-7-2)9-11(3)10-15-5/h11-14H,6-10H2,1-5H3. The minimum absolute atomic E-state index is 0.651. The zero-order chi connectivity index (χ0) is 11.7. The molecule has 0 radical (unpaired) electrons. The summed E-state index contributed by atoms with van der Waals surface area (Å²) in [6, 6.07) is 0.653. The first-order chi connectivity index (χ1) is 7.15. The van der Waals surface area contributed by atoms with Gasteiger partial charge >= 0.3 is 0 Å². The highest BCUT2D eigenvalue weighted by Gasteiger charge is 2.18. The van der Waals surface area contributed by atoms with Crippen LogP contribution >= 0.6 is 0 Å². The van der Waals surface area contributed by atoms with Crippen LogP contribution in [0.4, 0.5) is 0 Å². The third-order valence-corrected chi connectivity index (χ3v) is 3.00. The Bertz CT molecular complexity index is 138. The Labute approximate surface area is 95.8 Å². The highest BCUT2D eigenvalue weighted by Crippen LogP contribution is 2.17. The Balaban J connectivity index is 4.01. The van der Waals surface area contributed by atoms with Crippen molar-refractivity contribution in [2.75, 3.05) is 20.3 Å². The first-order valence-corrected chi connectivity index (χ1v) is 6.37. The van der Waals surface area contributed by atoms with Crippen molar-refractivity contribution >= 4 is 0 Å². The molecule has 0 aromatic carbocycles. The Morgan fingerprint density at radius 1 is 1.20 bits per heavy atom. The number of rotatable bonds is 9. The van der Waals surface area contributed by atoms with Gasteiger partial charge in [0.05, 0.1) is 0 Å². The van der Waals surface area contributed by atoms with Crippen LogP contribution in [0.15, 0.2) is 0 Å². The van der Waals surface area contributed by atoms with Crippen molar-refractivity contribution in [2.45, 2.75) is 53.0 Å². The maximum absolute atomic E-state index is 5.19. The summed E-state index contributed by atoms with van der Waals surface area (Å²) in [4.78, 5) is 0. The van der Waals surface area contributed by atoms with E-state index < -0.39 is 0 Å². The Morgan fingerprint density at radius 2 is 1.87 bits per heavy atom. The summed E-state index contributed by atoms with van der Waals surface area (Å²) in [5, 5.41) is 3.60. The third-order valence-electron chi connectivity index (χ3n) is 3.00. The van der Waals surface area contributed by atoms with Crippen molar-refractivity contribution in [1.82, 2.24) is 5.32 Å². The Hall–Kier alpha value is -0.0800. The molecular weight excluding hydrogens is 186 g/mol. The van der Waals surface area contributed by atoms with Gasteiger partial charge in [-0.25, -0.2) is 0 Å². The number of methoxy groups -OCH3 is 1. The minimum atomic E-state index is 0.651. The zero-order valence-corrected chi connectivity index (χ0v) is 11.2. The lowest BCUT2D eigenvalue weighted by atomic mass is 9.90. The molecule has 0 spiro atoms. The van der Waals surface area contributed by atoms with Crippen molar-refractivity contribution in [3.05, 3.63) is 0 Å². The number of hydrogen-bond donors (Lipinski definition) is 1. The van der Waals surface area contributed by atoms with E-state index in [-0.39, 0.29) is 0 Å². The lowest BCUT2D eigenvalue weighted by Gasteiger charge is -2.27. The number of hydrogen-bond acceptors (Lipinski definition) is 2. The molecule has 0 aromatic rings. The summed E-state index contributed by atoms with van der Waals surface area (Å²) in [6.45, 7) is 11.0. The second kappa shape index (κ2) is 9.17. The van der Waals surface area contributed by atoms with Crippen LogP contribution in [0.25, 0.3) is 0 Å². The van der Waals surface area contributed by atoms with Crippen LogP contribution in [0, 0.1) is 11.8 Å². The lowest BCUT2D eigenvalue weighted by molar-refractivity contribution is 0.143. The largest absolute Gasteiger partial charge is 0.384 e. The fourth-order valence-electron chi connectivity index (χ4n) is 2.22. The molecule has 15 heavy (non-hydrogen) atoms. The average molecular weight is 215 g/mol. The highest BCUT2D eigenvalue weighted by atomic mass is 16.5. The predicted molar refractivity (Wildman–Crippen MR) is 67.2 cm³/mol. The van der Waals surface area contributed by atoms with Gasteiger partial charge in [0.1, 0.15) is 0 Å². The monoisotopic (exact) mass is 215 g/mol. The highest BCUT2D eigenvalue weighted by molar-refractivity contribution is 4.75. The molecule has 0 heterocycles. The quantitative estimate of drug-likeness (QED) is 0.638. The summed E-state index contributed by atoms with van der Waals surface area (Å²) >= 11 is 0. The SMILES string of the molecule is CCCC(C)C(CC(C)COC)NCC. The van der Waals surface area contributed by atoms with E-state index in [0.717, 1.165) is 19.1 Å². The van der Waals surface area contributed by atoms with E-state index in [1.54, 1.807) is 7.11 Å². The smallest absolute Gasteiger partial charge is 0.0488 e. The van der Waals surface area contributed by atoms with Gasteiger partial charge in [0, 0.05) is 19.8 Å². The van der Waals surface area contributed by atoms with Gasteiger partial charge in [0.15, 0.2) is 0 Å². The maximum Gasteiger partial charge on any atom is 0.0488 e. The molecule has 0 bridgehead atoms. The number of nitrogens with one attached hydrogen (secondary N) is 1. The summed E-state index contributed by atoms with van der Waals surface area (Å²) in [5.41, 5.74) is 0. The van der Waals surface area contributed by atoms with E-state index in [0.29, 0.717) is 12.0 Å². The van der Waals surface area contributed by atoms with Crippen LogP contribution in [0.3, 0.4) is 0 Å². The van der Waals surface area contributed by atoms with Crippen LogP contribution in [0.5, 0.6) is 0 Å². The topological polar surface area (TPSA) is 21.3 Å².